The van der Waals surface area contributed by atoms with Crippen LogP contribution in [0.2, 0.25) is 0 Å². The molecular weight excluding hydrogens is 297 g/mol. The van der Waals surface area contributed by atoms with Gasteiger partial charge in [-0.15, -0.1) is 0 Å². The average molecular weight is 316 g/mol. The number of nitrogens with zero attached hydrogens (tertiary/aromatic N) is 1. The highest BCUT2D eigenvalue weighted by atomic mass is 19.4. The molecule has 4 nitrogen and oxygen atoms in total. The van der Waals surface area contributed by atoms with Crippen LogP contribution in [0.3, 0.4) is 0 Å². The van der Waals surface area contributed by atoms with E-state index in [1.54, 1.807) is 4.90 Å². The summed E-state index contributed by atoms with van der Waals surface area (Å²) in [4.78, 5) is 13.3. The monoisotopic (exact) mass is 316 g/mol. The first-order valence-corrected chi connectivity index (χ1v) is 7.27. The van der Waals surface area contributed by atoms with Crippen molar-refractivity contribution >= 4 is 6.03 Å². The number of likely N-dealkylation sites (tertiary alicyclic amines) is 1. The summed E-state index contributed by atoms with van der Waals surface area (Å²) in [6.45, 7) is 3.43. The van der Waals surface area contributed by atoms with Crippen molar-refractivity contribution in [2.24, 2.45) is 0 Å². The maximum atomic E-state index is 12.6. The van der Waals surface area contributed by atoms with Gasteiger partial charge in [0.05, 0.1) is 18.7 Å². The number of benzene rings is 1. The number of unbranched alkanes of at least 4 members (excludes halogenated alkanes) is 1. The zero-order valence-corrected chi connectivity index (χ0v) is 12.3. The highest BCUT2D eigenvalue weighted by Gasteiger charge is 2.33. The van der Waals surface area contributed by atoms with Crippen molar-refractivity contribution < 1.29 is 22.7 Å². The standard InChI is InChI=1S/C15H19F3N2O2/c1-2-3-7-19-14(21)20-9-13(10-20)22-12-6-4-5-11(8-12)15(16,17)18/h4-6,8,13H,2-3,7,9-10H2,1H3,(H,19,21). The van der Waals surface area contributed by atoms with Crippen LogP contribution in [0.4, 0.5) is 18.0 Å². The Morgan fingerprint density at radius 1 is 1.41 bits per heavy atom. The van der Waals surface area contributed by atoms with Crippen LogP contribution < -0.4 is 10.1 Å². The van der Waals surface area contributed by atoms with E-state index in [4.69, 9.17) is 4.74 Å². The minimum absolute atomic E-state index is 0.155. The minimum Gasteiger partial charge on any atom is -0.487 e. The van der Waals surface area contributed by atoms with E-state index in [1.807, 2.05) is 6.92 Å². The molecule has 122 valence electrons. The SMILES string of the molecule is CCCCNC(=O)N1CC(Oc2cccc(C(F)(F)F)c2)C1. The average Bonchev–Trinajstić information content (AvgIpc) is 2.42. The first-order valence-electron chi connectivity index (χ1n) is 7.27. The Bertz CT molecular complexity index is 514. The van der Waals surface area contributed by atoms with E-state index in [9.17, 15) is 18.0 Å². The molecule has 0 aliphatic carbocycles. The second-order valence-electron chi connectivity index (χ2n) is 5.26. The quantitative estimate of drug-likeness (QED) is 0.847. The van der Waals surface area contributed by atoms with Gasteiger partial charge in [0.25, 0.3) is 0 Å². The number of halogens is 3. The number of hydrogen-bond donors (Lipinski definition) is 1. The summed E-state index contributed by atoms with van der Waals surface area (Å²) < 4.78 is 43.3. The minimum atomic E-state index is -4.38. The fourth-order valence-electron chi connectivity index (χ4n) is 2.10. The van der Waals surface area contributed by atoms with Crippen LogP contribution in [0.15, 0.2) is 24.3 Å². The van der Waals surface area contributed by atoms with E-state index >= 15 is 0 Å². The Kier molecular flexibility index (Phi) is 5.15. The van der Waals surface area contributed by atoms with E-state index in [0.29, 0.717) is 19.6 Å². The predicted octanol–water partition coefficient (Wildman–Crippen LogP) is 3.28. The molecule has 1 aliphatic heterocycles. The summed E-state index contributed by atoms with van der Waals surface area (Å²) >= 11 is 0. The Morgan fingerprint density at radius 2 is 2.14 bits per heavy atom. The molecule has 0 bridgehead atoms. The van der Waals surface area contributed by atoms with Gasteiger partial charge in [0.2, 0.25) is 0 Å². The van der Waals surface area contributed by atoms with E-state index in [0.717, 1.165) is 25.0 Å². The summed E-state index contributed by atoms with van der Waals surface area (Å²) in [7, 11) is 0. The van der Waals surface area contributed by atoms with Crippen molar-refractivity contribution in [3.63, 3.8) is 0 Å². The largest absolute Gasteiger partial charge is 0.487 e. The number of ether oxygens (including phenoxy) is 1. The third kappa shape index (κ3) is 4.29. The van der Waals surface area contributed by atoms with Gasteiger partial charge in [-0.2, -0.15) is 13.2 Å². The first-order chi connectivity index (χ1) is 10.4. The Labute approximate surface area is 127 Å². The number of nitrogens with one attached hydrogen (secondary N) is 1. The zero-order chi connectivity index (χ0) is 16.2. The summed E-state index contributed by atoms with van der Waals surface area (Å²) in [6, 6.07) is 4.62. The van der Waals surface area contributed by atoms with Gasteiger partial charge in [-0.3, -0.25) is 0 Å². The number of alkyl halides is 3. The Hall–Kier alpha value is -1.92. The molecule has 0 unspecified atom stereocenters. The molecule has 0 atom stereocenters. The Morgan fingerprint density at radius 3 is 2.77 bits per heavy atom. The molecule has 1 aromatic carbocycles. The molecule has 1 N–H and O–H groups in total. The van der Waals surface area contributed by atoms with E-state index in [1.165, 1.54) is 12.1 Å². The summed E-state index contributed by atoms with van der Waals surface area (Å²) in [6.07, 6.45) is -2.73. The van der Waals surface area contributed by atoms with Crippen LogP contribution in [0.1, 0.15) is 25.3 Å². The number of carbonyl (C=O) groups is 1. The van der Waals surface area contributed by atoms with Gasteiger partial charge in [-0.05, 0) is 24.6 Å². The fraction of sp³-hybridized carbons (Fsp3) is 0.533. The van der Waals surface area contributed by atoms with Gasteiger partial charge >= 0.3 is 12.2 Å². The van der Waals surface area contributed by atoms with Crippen LogP contribution in [0.5, 0.6) is 5.75 Å². The van der Waals surface area contributed by atoms with Crippen molar-refractivity contribution in [1.82, 2.24) is 10.2 Å². The lowest BCUT2D eigenvalue weighted by molar-refractivity contribution is -0.137. The van der Waals surface area contributed by atoms with Crippen molar-refractivity contribution in [2.45, 2.75) is 32.0 Å². The van der Waals surface area contributed by atoms with Crippen LogP contribution in [-0.4, -0.2) is 36.7 Å². The molecule has 2 amide bonds. The van der Waals surface area contributed by atoms with Crippen LogP contribution in [0, 0.1) is 0 Å². The summed E-state index contributed by atoms with van der Waals surface area (Å²) in [5.74, 6) is 0.172. The second kappa shape index (κ2) is 6.89. The lowest BCUT2D eigenvalue weighted by atomic mass is 10.1. The van der Waals surface area contributed by atoms with Crippen molar-refractivity contribution in [1.29, 1.82) is 0 Å². The molecule has 0 saturated carbocycles. The highest BCUT2D eigenvalue weighted by Crippen LogP contribution is 2.31. The molecule has 1 heterocycles. The maximum Gasteiger partial charge on any atom is 0.416 e. The molecule has 1 aliphatic rings. The molecule has 1 aromatic rings. The lowest BCUT2D eigenvalue weighted by Crippen LogP contribution is -2.58. The van der Waals surface area contributed by atoms with Gasteiger partial charge < -0.3 is 15.0 Å². The Balaban J connectivity index is 1.79. The smallest absolute Gasteiger partial charge is 0.416 e. The van der Waals surface area contributed by atoms with E-state index < -0.39 is 11.7 Å². The van der Waals surface area contributed by atoms with Gasteiger partial charge in [0.15, 0.2) is 0 Å². The molecule has 2 rings (SSSR count). The van der Waals surface area contributed by atoms with Gasteiger partial charge in [0.1, 0.15) is 11.9 Å². The molecule has 1 saturated heterocycles. The molecule has 0 aromatic heterocycles. The summed E-state index contributed by atoms with van der Waals surface area (Å²) in [5.41, 5.74) is -0.738. The number of hydrogen-bond acceptors (Lipinski definition) is 2. The van der Waals surface area contributed by atoms with Gasteiger partial charge in [0, 0.05) is 6.54 Å². The highest BCUT2D eigenvalue weighted by molar-refractivity contribution is 5.75. The van der Waals surface area contributed by atoms with Crippen molar-refractivity contribution in [2.75, 3.05) is 19.6 Å². The molecule has 0 radical (unpaired) electrons. The zero-order valence-electron chi connectivity index (χ0n) is 12.3. The maximum absolute atomic E-state index is 12.6. The second-order valence-corrected chi connectivity index (χ2v) is 5.26. The van der Waals surface area contributed by atoms with Gasteiger partial charge in [-0.1, -0.05) is 19.4 Å². The molecule has 7 heteroatoms. The van der Waals surface area contributed by atoms with E-state index in [2.05, 4.69) is 5.32 Å². The van der Waals surface area contributed by atoms with Crippen molar-refractivity contribution in [3.05, 3.63) is 29.8 Å². The number of rotatable bonds is 5. The lowest BCUT2D eigenvalue weighted by Gasteiger charge is -2.38. The normalized spacial score (nSPS) is 15.4. The fourth-order valence-corrected chi connectivity index (χ4v) is 2.10. The van der Waals surface area contributed by atoms with Crippen LogP contribution in [-0.2, 0) is 6.18 Å². The van der Waals surface area contributed by atoms with Crippen LogP contribution in [0.25, 0.3) is 0 Å². The number of amides is 2. The molecule has 22 heavy (non-hydrogen) atoms. The third-order valence-corrected chi connectivity index (χ3v) is 3.41. The summed E-state index contributed by atoms with van der Waals surface area (Å²) in [5, 5.41) is 2.78. The molecular formula is C15H19F3N2O2. The molecule has 1 fully saturated rings. The topological polar surface area (TPSA) is 41.6 Å². The van der Waals surface area contributed by atoms with Gasteiger partial charge in [-0.25, -0.2) is 4.79 Å². The number of carbonyl (C=O) groups excluding carboxylic acids is 1. The first kappa shape index (κ1) is 16.5. The van der Waals surface area contributed by atoms with Crippen LogP contribution >= 0.6 is 0 Å². The predicted molar refractivity (Wildman–Crippen MR) is 75.7 cm³/mol. The van der Waals surface area contributed by atoms with Crippen molar-refractivity contribution in [3.8, 4) is 5.75 Å². The number of urea groups is 1. The molecule has 0 spiro atoms. The van der Waals surface area contributed by atoms with E-state index in [-0.39, 0.29) is 17.9 Å². The third-order valence-electron chi connectivity index (χ3n) is 3.41.